The average molecular weight is 420 g/mol. The summed E-state index contributed by atoms with van der Waals surface area (Å²) in [7, 11) is 0. The molecule has 0 atom stereocenters. The molecule has 0 bridgehead atoms. The molecule has 3 heterocycles. The first-order valence-corrected chi connectivity index (χ1v) is 9.05. The summed E-state index contributed by atoms with van der Waals surface area (Å²) in [6.45, 7) is 1.09. The minimum atomic E-state index is -4.47. The van der Waals surface area contributed by atoms with E-state index in [1.165, 1.54) is 25.3 Å². The van der Waals surface area contributed by atoms with Crippen molar-refractivity contribution in [2.24, 2.45) is 0 Å². The van der Waals surface area contributed by atoms with Crippen LogP contribution >= 0.6 is 11.3 Å². The van der Waals surface area contributed by atoms with E-state index >= 15 is 0 Å². The fourth-order valence-corrected chi connectivity index (χ4v) is 3.68. The molecular weight excluding hydrogens is 409 g/mol. The Hall–Kier alpha value is -3.34. The van der Waals surface area contributed by atoms with Gasteiger partial charge in [-0.3, -0.25) is 14.6 Å². The number of pyridine rings is 1. The minimum Gasteiger partial charge on any atom is -0.404 e. The molecule has 3 aromatic heterocycles. The van der Waals surface area contributed by atoms with Gasteiger partial charge in [0, 0.05) is 13.1 Å². The Morgan fingerprint density at radius 3 is 2.79 bits per heavy atom. The zero-order valence-electron chi connectivity index (χ0n) is 14.7. The molecule has 11 heteroatoms. The van der Waals surface area contributed by atoms with Crippen LogP contribution in [0, 0.1) is 0 Å². The van der Waals surface area contributed by atoms with E-state index in [4.69, 9.17) is 4.74 Å². The fourth-order valence-electron chi connectivity index (χ4n) is 2.75. The molecule has 7 nitrogen and oxygen atoms in total. The largest absolute Gasteiger partial charge is 0.416 e. The molecule has 1 aromatic carbocycles. The highest BCUT2D eigenvalue weighted by Crippen LogP contribution is 2.33. The van der Waals surface area contributed by atoms with Crippen LogP contribution in [-0.4, -0.2) is 25.7 Å². The Labute approximate surface area is 164 Å². The molecule has 0 unspecified atom stereocenters. The third-order valence-electron chi connectivity index (χ3n) is 3.97. The van der Waals surface area contributed by atoms with Crippen LogP contribution in [0.3, 0.4) is 0 Å². The van der Waals surface area contributed by atoms with E-state index in [2.05, 4.69) is 15.1 Å². The van der Waals surface area contributed by atoms with E-state index in [1.54, 1.807) is 6.07 Å². The van der Waals surface area contributed by atoms with Gasteiger partial charge in [0.15, 0.2) is 0 Å². The van der Waals surface area contributed by atoms with Crippen LogP contribution < -0.4 is 10.3 Å². The number of hydrogen-bond donors (Lipinski definition) is 0. The maximum atomic E-state index is 12.9. The molecule has 4 rings (SSSR count). The zero-order chi connectivity index (χ0) is 20.8. The quantitative estimate of drug-likeness (QED) is 0.472. The summed E-state index contributed by atoms with van der Waals surface area (Å²) in [5, 5.41) is 4.62. The monoisotopic (exact) mass is 420 g/mol. The lowest BCUT2D eigenvalue weighted by Crippen LogP contribution is -2.25. The van der Waals surface area contributed by atoms with E-state index in [-0.39, 0.29) is 28.8 Å². The third kappa shape index (κ3) is 3.68. The first kappa shape index (κ1) is 19.0. The Balaban J connectivity index is 1.78. The second kappa shape index (κ2) is 6.92. The van der Waals surface area contributed by atoms with Crippen molar-refractivity contribution < 1.29 is 22.7 Å². The summed E-state index contributed by atoms with van der Waals surface area (Å²) in [6, 6.07) is 6.35. The number of thiazole rings is 1. The topological polar surface area (TPSA) is 87.0 Å². The van der Waals surface area contributed by atoms with Gasteiger partial charge in [0.25, 0.3) is 11.4 Å². The van der Waals surface area contributed by atoms with Crippen molar-refractivity contribution in [1.82, 2.24) is 19.7 Å². The highest BCUT2D eigenvalue weighted by Gasteiger charge is 2.30. The lowest BCUT2D eigenvalue weighted by molar-refractivity contribution is -0.137. The summed E-state index contributed by atoms with van der Waals surface area (Å²) in [6.07, 6.45) is -3.03. The molecule has 0 aliphatic carbocycles. The molecule has 0 N–H and O–H groups in total. The molecule has 0 radical (unpaired) electrons. The molecule has 0 saturated heterocycles. The number of fused-ring (bicyclic) bond motifs is 2. The van der Waals surface area contributed by atoms with Crippen molar-refractivity contribution >= 4 is 38.4 Å². The van der Waals surface area contributed by atoms with Crippen LogP contribution in [0.5, 0.6) is 5.88 Å². The second-order valence-corrected chi connectivity index (χ2v) is 7.16. The fraction of sp³-hybridized carbons (Fsp3) is 0.167. The first-order chi connectivity index (χ1) is 13.7. The van der Waals surface area contributed by atoms with Crippen LogP contribution in [0.25, 0.3) is 21.1 Å². The smallest absolute Gasteiger partial charge is 0.404 e. The van der Waals surface area contributed by atoms with E-state index in [9.17, 15) is 22.8 Å². The van der Waals surface area contributed by atoms with Gasteiger partial charge in [0.1, 0.15) is 10.5 Å². The molecule has 0 fully saturated rings. The Kier molecular flexibility index (Phi) is 4.53. The summed E-state index contributed by atoms with van der Waals surface area (Å²) >= 11 is 1.14. The van der Waals surface area contributed by atoms with Crippen molar-refractivity contribution in [3.05, 3.63) is 57.5 Å². The number of esters is 1. The van der Waals surface area contributed by atoms with Gasteiger partial charge in [-0.15, -0.1) is 16.4 Å². The summed E-state index contributed by atoms with van der Waals surface area (Å²) in [5.74, 6) is -0.762. The molecule has 0 aliphatic heterocycles. The minimum absolute atomic E-state index is 0.0986. The predicted molar refractivity (Wildman–Crippen MR) is 98.8 cm³/mol. The van der Waals surface area contributed by atoms with Gasteiger partial charge in [-0.1, -0.05) is 0 Å². The van der Waals surface area contributed by atoms with Crippen LogP contribution in [-0.2, 0) is 17.5 Å². The number of halogens is 3. The summed E-state index contributed by atoms with van der Waals surface area (Å²) in [5.41, 5.74) is -0.969. The number of aromatic nitrogens is 4. The SMILES string of the molecule is CC(=O)Oc1nn(Cc2nc3cc(C(F)(F)F)ccc3s2)c(=O)c2cccnc12. The first-order valence-electron chi connectivity index (χ1n) is 8.23. The van der Waals surface area contributed by atoms with Gasteiger partial charge in [-0.25, -0.2) is 9.67 Å². The predicted octanol–water partition coefficient (Wildman–Crippen LogP) is 3.39. The maximum absolute atomic E-state index is 12.9. The number of hydrogen-bond acceptors (Lipinski definition) is 7. The van der Waals surface area contributed by atoms with E-state index in [0.717, 1.165) is 28.2 Å². The number of benzene rings is 1. The third-order valence-corrected chi connectivity index (χ3v) is 4.99. The van der Waals surface area contributed by atoms with E-state index in [0.29, 0.717) is 9.71 Å². The van der Waals surface area contributed by atoms with Gasteiger partial charge in [0.05, 0.1) is 27.7 Å². The van der Waals surface area contributed by atoms with E-state index < -0.39 is 23.3 Å². The number of alkyl halides is 3. The Bertz CT molecular complexity index is 1310. The lowest BCUT2D eigenvalue weighted by Gasteiger charge is -2.08. The Morgan fingerprint density at radius 2 is 2.07 bits per heavy atom. The number of carbonyl (C=O) groups is 1. The molecule has 0 spiro atoms. The van der Waals surface area contributed by atoms with Gasteiger partial charge < -0.3 is 4.74 Å². The number of rotatable bonds is 3. The average Bonchev–Trinajstić information content (AvgIpc) is 3.06. The standard InChI is InChI=1S/C18H11F3N4O3S/c1-9(26)28-16-15-11(3-2-6-22-15)17(27)25(24-16)8-14-23-12-7-10(18(19,20)21)4-5-13(12)29-14/h2-7H,8H2,1H3. The molecule has 29 heavy (non-hydrogen) atoms. The van der Waals surface area contributed by atoms with Gasteiger partial charge in [0.2, 0.25) is 0 Å². The zero-order valence-corrected chi connectivity index (χ0v) is 15.5. The summed E-state index contributed by atoms with van der Waals surface area (Å²) < 4.78 is 45.3. The van der Waals surface area contributed by atoms with Crippen molar-refractivity contribution in [3.63, 3.8) is 0 Å². The normalized spacial score (nSPS) is 11.9. The van der Waals surface area contributed by atoms with Crippen molar-refractivity contribution in [3.8, 4) is 5.88 Å². The van der Waals surface area contributed by atoms with Crippen molar-refractivity contribution in [2.45, 2.75) is 19.6 Å². The molecule has 0 saturated carbocycles. The van der Waals surface area contributed by atoms with Crippen molar-refractivity contribution in [1.29, 1.82) is 0 Å². The second-order valence-electron chi connectivity index (χ2n) is 6.05. The molecule has 0 amide bonds. The highest BCUT2D eigenvalue weighted by molar-refractivity contribution is 7.18. The highest BCUT2D eigenvalue weighted by atomic mass is 32.1. The maximum Gasteiger partial charge on any atom is 0.416 e. The molecular formula is C18H11F3N4O3S. The van der Waals surface area contributed by atoms with Crippen LogP contribution in [0.4, 0.5) is 13.2 Å². The number of nitrogens with zero attached hydrogens (tertiary/aromatic N) is 4. The summed E-state index contributed by atoms with van der Waals surface area (Å²) in [4.78, 5) is 32.3. The van der Waals surface area contributed by atoms with Gasteiger partial charge in [-0.2, -0.15) is 13.2 Å². The van der Waals surface area contributed by atoms with Crippen LogP contribution in [0.2, 0.25) is 0 Å². The van der Waals surface area contributed by atoms with E-state index in [1.807, 2.05) is 0 Å². The number of ether oxygens (including phenoxy) is 1. The van der Waals surface area contributed by atoms with Gasteiger partial charge in [-0.05, 0) is 30.3 Å². The van der Waals surface area contributed by atoms with Crippen molar-refractivity contribution in [2.75, 3.05) is 0 Å². The van der Waals surface area contributed by atoms with Crippen LogP contribution in [0.15, 0.2) is 41.3 Å². The molecule has 0 aliphatic rings. The van der Waals surface area contributed by atoms with Gasteiger partial charge >= 0.3 is 12.1 Å². The lowest BCUT2D eigenvalue weighted by atomic mass is 10.2. The molecule has 4 aromatic rings. The van der Waals surface area contributed by atoms with Crippen LogP contribution in [0.1, 0.15) is 17.5 Å². The Morgan fingerprint density at radius 1 is 1.28 bits per heavy atom. The molecule has 148 valence electrons. The number of carbonyl (C=O) groups excluding carboxylic acids is 1.